The van der Waals surface area contributed by atoms with Crippen molar-refractivity contribution in [2.24, 2.45) is 5.73 Å². The quantitative estimate of drug-likeness (QED) is 0.0511. The van der Waals surface area contributed by atoms with E-state index in [2.05, 4.69) is 56.4 Å². The van der Waals surface area contributed by atoms with Crippen LogP contribution in [0.25, 0.3) is 0 Å². The Morgan fingerprint density at radius 3 is 1.27 bits per heavy atom. The molecule has 0 aromatic rings. The highest BCUT2D eigenvalue weighted by Gasteiger charge is 2.01. The first-order chi connectivity index (χ1) is 20.2. The maximum absolute atomic E-state index is 11.2. The van der Waals surface area contributed by atoms with Gasteiger partial charge in [-0.15, -0.1) is 0 Å². The molecule has 0 aliphatic rings. The zero-order chi connectivity index (χ0) is 29.9. The second kappa shape index (κ2) is 34.4. The van der Waals surface area contributed by atoms with E-state index in [9.17, 15) is 4.79 Å². The van der Waals surface area contributed by atoms with Crippen molar-refractivity contribution in [3.8, 4) is 0 Å². The van der Waals surface area contributed by atoms with Gasteiger partial charge in [0.25, 0.3) is 0 Å². The summed E-state index contributed by atoms with van der Waals surface area (Å²) in [5, 5.41) is 0. The number of hydrogen-bond acceptors (Lipinski definition) is 2. The lowest BCUT2D eigenvalue weighted by Crippen LogP contribution is -2.12. The Kier molecular flexibility index (Phi) is 32.9. The molecule has 0 unspecified atom stereocenters. The van der Waals surface area contributed by atoms with Crippen molar-refractivity contribution in [2.45, 2.75) is 187 Å². The molecule has 3 heteroatoms. The molecule has 0 rings (SSSR count). The number of nitrogens with two attached hydrogens (primary N) is 1. The topological polar surface area (TPSA) is 52.3 Å². The van der Waals surface area contributed by atoms with Crippen LogP contribution in [0.3, 0.4) is 0 Å². The molecule has 0 radical (unpaired) electrons. The van der Waals surface area contributed by atoms with Crippen LogP contribution in [0.4, 0.5) is 4.79 Å². The number of unbranched alkanes of at least 4 members (excludes halogenated alkanes) is 22. The normalized spacial score (nSPS) is 12.4. The number of carbonyl (C=O) groups excluding carboxylic acids is 1. The summed E-state index contributed by atoms with van der Waals surface area (Å²) in [6, 6.07) is 0. The first-order valence-electron chi connectivity index (χ1n) is 17.8. The van der Waals surface area contributed by atoms with Gasteiger partial charge in [-0.3, -0.25) is 0 Å². The molecule has 0 aliphatic heterocycles. The smallest absolute Gasteiger partial charge is 0.409 e. The van der Waals surface area contributed by atoms with Gasteiger partial charge in [-0.1, -0.05) is 159 Å². The lowest BCUT2D eigenvalue weighted by molar-refractivity contribution is 0.185. The Hall–Kier alpha value is -1.77. The lowest BCUT2D eigenvalue weighted by Gasteiger charge is -2.05. The first-order valence-corrected chi connectivity index (χ1v) is 17.8. The van der Waals surface area contributed by atoms with E-state index < -0.39 is 6.09 Å². The third-order valence-electron chi connectivity index (χ3n) is 7.72. The molecule has 0 spiro atoms. The Labute approximate surface area is 256 Å². The average molecular weight is 572 g/mol. The molecule has 1 amide bonds. The fourth-order valence-corrected chi connectivity index (χ4v) is 5.11. The third kappa shape index (κ3) is 34.3. The summed E-state index contributed by atoms with van der Waals surface area (Å²) in [5.74, 6) is 0.698. The highest BCUT2D eigenvalue weighted by atomic mass is 16.5. The van der Waals surface area contributed by atoms with Crippen LogP contribution in [0.15, 0.2) is 48.3 Å². The number of amides is 1. The number of primary amides is 1. The molecular weight excluding hydrogens is 502 g/mol. The van der Waals surface area contributed by atoms with Gasteiger partial charge in [0.1, 0.15) is 5.76 Å². The van der Waals surface area contributed by atoms with Crippen molar-refractivity contribution >= 4 is 6.09 Å². The van der Waals surface area contributed by atoms with Crippen LogP contribution >= 0.6 is 0 Å². The van der Waals surface area contributed by atoms with Gasteiger partial charge in [-0.2, -0.15) is 0 Å². The molecule has 0 atom stereocenters. The predicted molar refractivity (Wildman–Crippen MR) is 182 cm³/mol. The molecule has 41 heavy (non-hydrogen) atoms. The summed E-state index contributed by atoms with van der Waals surface area (Å²) < 4.78 is 5.18. The minimum atomic E-state index is -0.707. The molecule has 3 nitrogen and oxygen atoms in total. The van der Waals surface area contributed by atoms with Gasteiger partial charge >= 0.3 is 6.09 Å². The van der Waals surface area contributed by atoms with Crippen LogP contribution in [0, 0.1) is 0 Å². The largest absolute Gasteiger partial charge is 0.415 e. The van der Waals surface area contributed by atoms with Crippen molar-refractivity contribution < 1.29 is 9.53 Å². The van der Waals surface area contributed by atoms with Gasteiger partial charge in [0.15, 0.2) is 0 Å². The number of allylic oxidation sites excluding steroid dienone is 7. The van der Waals surface area contributed by atoms with Crippen LogP contribution in [0.5, 0.6) is 0 Å². The van der Waals surface area contributed by atoms with E-state index in [0.29, 0.717) is 12.2 Å². The molecule has 0 aromatic carbocycles. The second-order valence-electron chi connectivity index (χ2n) is 11.8. The fourth-order valence-electron chi connectivity index (χ4n) is 5.11. The highest BCUT2D eigenvalue weighted by Crippen LogP contribution is 2.15. The zero-order valence-electron chi connectivity index (χ0n) is 27.5. The summed E-state index contributed by atoms with van der Waals surface area (Å²) in [5.41, 5.74) is 5.23. The predicted octanol–water partition coefficient (Wildman–Crippen LogP) is 13.2. The molecule has 0 fully saturated rings. The molecule has 0 bridgehead atoms. The SMILES string of the molecule is CCCCCC=CCC=CCCCCCCCCCCCCCCCCCC=C(C/C=C\CCCCC)OC(N)=O. The number of carbonyl (C=O) groups is 1. The van der Waals surface area contributed by atoms with Gasteiger partial charge in [0.05, 0.1) is 0 Å². The van der Waals surface area contributed by atoms with Gasteiger partial charge < -0.3 is 10.5 Å². The first kappa shape index (κ1) is 39.2. The van der Waals surface area contributed by atoms with E-state index >= 15 is 0 Å². The van der Waals surface area contributed by atoms with Gasteiger partial charge in [0, 0.05) is 6.42 Å². The van der Waals surface area contributed by atoms with E-state index in [0.717, 1.165) is 25.7 Å². The van der Waals surface area contributed by atoms with Crippen LogP contribution in [0.1, 0.15) is 187 Å². The van der Waals surface area contributed by atoms with Crippen LogP contribution in [0.2, 0.25) is 0 Å². The Morgan fingerprint density at radius 2 is 0.854 bits per heavy atom. The van der Waals surface area contributed by atoms with E-state index in [4.69, 9.17) is 10.5 Å². The van der Waals surface area contributed by atoms with E-state index in [1.807, 2.05) is 0 Å². The molecule has 238 valence electrons. The van der Waals surface area contributed by atoms with Crippen LogP contribution in [-0.2, 0) is 4.74 Å². The summed E-state index contributed by atoms with van der Waals surface area (Å²) in [6.45, 7) is 4.48. The third-order valence-corrected chi connectivity index (χ3v) is 7.72. The monoisotopic (exact) mass is 572 g/mol. The number of hydrogen-bond donors (Lipinski definition) is 1. The van der Waals surface area contributed by atoms with Crippen molar-refractivity contribution in [3.05, 3.63) is 48.3 Å². The Morgan fingerprint density at radius 1 is 0.488 bits per heavy atom. The summed E-state index contributed by atoms with van der Waals surface area (Å²) in [7, 11) is 0. The minimum Gasteiger partial charge on any atom is -0.415 e. The van der Waals surface area contributed by atoms with Crippen molar-refractivity contribution in [2.75, 3.05) is 0 Å². The molecule has 0 saturated carbocycles. The maximum atomic E-state index is 11.2. The molecule has 0 aromatic heterocycles. The average Bonchev–Trinajstić information content (AvgIpc) is 2.96. The van der Waals surface area contributed by atoms with Gasteiger partial charge in [-0.25, -0.2) is 4.79 Å². The summed E-state index contributed by atoms with van der Waals surface area (Å²) in [4.78, 5) is 11.2. The lowest BCUT2D eigenvalue weighted by atomic mass is 10.0. The van der Waals surface area contributed by atoms with Crippen molar-refractivity contribution in [1.29, 1.82) is 0 Å². The highest BCUT2D eigenvalue weighted by molar-refractivity contribution is 5.66. The fraction of sp³-hybridized carbons (Fsp3) is 0.763. The molecular formula is C38H69NO2. The van der Waals surface area contributed by atoms with Crippen LogP contribution in [-0.4, -0.2) is 6.09 Å². The number of rotatable bonds is 31. The van der Waals surface area contributed by atoms with Gasteiger partial charge in [-0.05, 0) is 63.9 Å². The van der Waals surface area contributed by atoms with Crippen molar-refractivity contribution in [1.82, 2.24) is 0 Å². The summed E-state index contributed by atoms with van der Waals surface area (Å²) >= 11 is 0. The number of ether oxygens (including phenoxy) is 1. The standard InChI is InChI=1S/C38H69NO2/c1-3-5-7-9-11-12-13-14-15-16-17-18-19-20-21-22-23-24-25-26-27-28-29-30-32-34-36-37(41-38(39)40)35-33-31-10-8-6-4-2/h11-12,14-15,31,33,36H,3-10,13,16-30,32,34-35H2,1-2H3,(H2,39,40)/b12-11?,15-14?,33-31-,37-36?. The molecule has 2 N–H and O–H groups in total. The summed E-state index contributed by atoms with van der Waals surface area (Å²) in [6.07, 6.45) is 49.6. The van der Waals surface area contributed by atoms with E-state index in [-0.39, 0.29) is 0 Å². The molecule has 0 saturated heterocycles. The second-order valence-corrected chi connectivity index (χ2v) is 11.8. The molecule has 0 aliphatic carbocycles. The maximum Gasteiger partial charge on any atom is 0.409 e. The minimum absolute atomic E-state index is 0.657. The Balaban J connectivity index is 3.46. The van der Waals surface area contributed by atoms with E-state index in [1.165, 1.54) is 141 Å². The van der Waals surface area contributed by atoms with Crippen LogP contribution < -0.4 is 5.73 Å². The molecule has 0 heterocycles. The van der Waals surface area contributed by atoms with E-state index in [1.54, 1.807) is 0 Å². The Bertz CT molecular complexity index is 661. The van der Waals surface area contributed by atoms with Gasteiger partial charge in [0.2, 0.25) is 0 Å². The zero-order valence-corrected chi connectivity index (χ0v) is 27.5. The van der Waals surface area contributed by atoms with Crippen molar-refractivity contribution in [3.63, 3.8) is 0 Å².